The lowest BCUT2D eigenvalue weighted by Gasteiger charge is -2.16. The number of benzene rings is 1. The van der Waals surface area contributed by atoms with Crippen molar-refractivity contribution in [3.63, 3.8) is 0 Å². The number of rotatable bonds is 3. The molecule has 0 unspecified atom stereocenters. The van der Waals surface area contributed by atoms with Crippen molar-refractivity contribution in [2.45, 2.75) is 27.2 Å². The Morgan fingerprint density at radius 3 is 2.11 bits per heavy atom. The van der Waals surface area contributed by atoms with Gasteiger partial charge in [-0.15, -0.1) is 0 Å². The van der Waals surface area contributed by atoms with E-state index in [-0.39, 0.29) is 11.4 Å². The van der Waals surface area contributed by atoms with Crippen molar-refractivity contribution in [1.82, 2.24) is 0 Å². The number of methoxy groups -OCH3 is 1. The molecule has 0 aliphatic carbocycles. The van der Waals surface area contributed by atoms with E-state index in [9.17, 15) is 9.59 Å². The Kier molecular flexibility index (Phi) is 4.48. The van der Waals surface area contributed by atoms with Gasteiger partial charge in [-0.3, -0.25) is 4.79 Å². The first kappa shape index (κ1) is 14.2. The summed E-state index contributed by atoms with van der Waals surface area (Å²) >= 11 is 0. The SMILES string of the molecule is COC(=O)c1ccc(OC(=O)CC(C)(C)C)cc1. The second kappa shape index (κ2) is 5.67. The Hall–Kier alpha value is -1.84. The average molecular weight is 250 g/mol. The van der Waals surface area contributed by atoms with E-state index in [1.807, 2.05) is 20.8 Å². The molecule has 0 amide bonds. The predicted molar refractivity (Wildman–Crippen MR) is 67.5 cm³/mol. The molecule has 0 saturated heterocycles. The van der Waals surface area contributed by atoms with Gasteiger partial charge in [0.05, 0.1) is 19.1 Å². The van der Waals surface area contributed by atoms with Gasteiger partial charge < -0.3 is 9.47 Å². The van der Waals surface area contributed by atoms with Crippen molar-refractivity contribution in [3.05, 3.63) is 29.8 Å². The Morgan fingerprint density at radius 1 is 1.11 bits per heavy atom. The van der Waals surface area contributed by atoms with Crippen LogP contribution in [0.1, 0.15) is 37.6 Å². The molecule has 4 nitrogen and oxygen atoms in total. The smallest absolute Gasteiger partial charge is 0.337 e. The summed E-state index contributed by atoms with van der Waals surface area (Å²) in [5, 5.41) is 0. The van der Waals surface area contributed by atoms with E-state index in [0.717, 1.165) is 0 Å². The maximum atomic E-state index is 11.6. The standard InChI is InChI=1S/C14H18O4/c1-14(2,3)9-12(15)18-11-7-5-10(6-8-11)13(16)17-4/h5-8H,9H2,1-4H3. The average Bonchev–Trinajstić information content (AvgIpc) is 2.26. The van der Waals surface area contributed by atoms with E-state index >= 15 is 0 Å². The van der Waals surface area contributed by atoms with Crippen molar-refractivity contribution in [1.29, 1.82) is 0 Å². The first-order valence-corrected chi connectivity index (χ1v) is 5.71. The minimum absolute atomic E-state index is 0.108. The summed E-state index contributed by atoms with van der Waals surface area (Å²) < 4.78 is 9.74. The molecule has 0 aliphatic heterocycles. The fourth-order valence-electron chi connectivity index (χ4n) is 1.38. The number of esters is 2. The highest BCUT2D eigenvalue weighted by Gasteiger charge is 2.17. The van der Waals surface area contributed by atoms with Crippen LogP contribution < -0.4 is 4.74 Å². The third kappa shape index (κ3) is 4.57. The van der Waals surface area contributed by atoms with Crippen LogP contribution in [0.3, 0.4) is 0 Å². The van der Waals surface area contributed by atoms with Crippen molar-refractivity contribution in [3.8, 4) is 5.75 Å². The maximum absolute atomic E-state index is 11.6. The van der Waals surface area contributed by atoms with Crippen LogP contribution >= 0.6 is 0 Å². The van der Waals surface area contributed by atoms with Gasteiger partial charge in [0.2, 0.25) is 0 Å². The summed E-state index contributed by atoms with van der Waals surface area (Å²) in [4.78, 5) is 22.8. The predicted octanol–water partition coefficient (Wildman–Crippen LogP) is 2.81. The van der Waals surface area contributed by atoms with Crippen molar-refractivity contribution in [2.75, 3.05) is 7.11 Å². The molecule has 0 atom stereocenters. The van der Waals surface area contributed by atoms with Gasteiger partial charge >= 0.3 is 11.9 Å². The Labute approximate surface area is 107 Å². The van der Waals surface area contributed by atoms with Crippen molar-refractivity contribution in [2.24, 2.45) is 5.41 Å². The van der Waals surface area contributed by atoms with Crippen LogP contribution in [0, 0.1) is 5.41 Å². The van der Waals surface area contributed by atoms with E-state index in [0.29, 0.717) is 17.7 Å². The van der Waals surface area contributed by atoms with Crippen LogP contribution in [0.25, 0.3) is 0 Å². The maximum Gasteiger partial charge on any atom is 0.337 e. The third-order valence-corrected chi connectivity index (χ3v) is 2.18. The fraction of sp³-hybridized carbons (Fsp3) is 0.429. The lowest BCUT2D eigenvalue weighted by atomic mass is 9.92. The molecule has 0 N–H and O–H groups in total. The van der Waals surface area contributed by atoms with E-state index in [1.54, 1.807) is 24.3 Å². The lowest BCUT2D eigenvalue weighted by Crippen LogP contribution is -2.17. The molecule has 1 rings (SSSR count). The molecular weight excluding hydrogens is 232 g/mol. The highest BCUT2D eigenvalue weighted by atomic mass is 16.5. The molecule has 0 bridgehead atoms. The summed E-state index contributed by atoms with van der Waals surface area (Å²) in [6, 6.07) is 6.27. The molecule has 0 spiro atoms. The first-order valence-electron chi connectivity index (χ1n) is 5.71. The van der Waals surface area contributed by atoms with Gasteiger partial charge in [-0.2, -0.15) is 0 Å². The number of carbonyl (C=O) groups is 2. The first-order chi connectivity index (χ1) is 8.31. The van der Waals surface area contributed by atoms with Crippen LogP contribution in [0.2, 0.25) is 0 Å². The summed E-state index contributed by atoms with van der Waals surface area (Å²) in [6.45, 7) is 5.90. The Balaban J connectivity index is 2.64. The summed E-state index contributed by atoms with van der Waals surface area (Å²) in [5.41, 5.74) is 0.316. The molecule has 0 aliphatic rings. The van der Waals surface area contributed by atoms with Crippen LogP contribution in [-0.2, 0) is 9.53 Å². The number of hydrogen-bond acceptors (Lipinski definition) is 4. The number of ether oxygens (including phenoxy) is 2. The highest BCUT2D eigenvalue weighted by Crippen LogP contribution is 2.20. The normalized spacial score (nSPS) is 10.9. The van der Waals surface area contributed by atoms with Gasteiger partial charge in [-0.05, 0) is 29.7 Å². The third-order valence-electron chi connectivity index (χ3n) is 2.18. The molecule has 1 aromatic carbocycles. The van der Waals surface area contributed by atoms with Crippen LogP contribution in [0.15, 0.2) is 24.3 Å². The molecule has 4 heteroatoms. The van der Waals surface area contributed by atoms with E-state index in [1.165, 1.54) is 7.11 Å². The summed E-state index contributed by atoms with van der Waals surface area (Å²) in [7, 11) is 1.32. The number of hydrogen-bond donors (Lipinski definition) is 0. The summed E-state index contributed by atoms with van der Waals surface area (Å²) in [6.07, 6.45) is 0.339. The van der Waals surface area contributed by atoms with E-state index in [4.69, 9.17) is 4.74 Å². The summed E-state index contributed by atoms with van der Waals surface area (Å²) in [5.74, 6) is -0.271. The van der Waals surface area contributed by atoms with Gasteiger partial charge in [0.1, 0.15) is 5.75 Å². The van der Waals surface area contributed by atoms with Gasteiger partial charge in [0.25, 0.3) is 0 Å². The zero-order chi connectivity index (χ0) is 13.8. The van der Waals surface area contributed by atoms with Crippen LogP contribution in [-0.4, -0.2) is 19.0 Å². The molecule has 0 heterocycles. The second-order valence-corrected chi connectivity index (χ2v) is 5.23. The minimum atomic E-state index is -0.414. The zero-order valence-electron chi connectivity index (χ0n) is 11.1. The minimum Gasteiger partial charge on any atom is -0.465 e. The molecular formula is C14H18O4. The van der Waals surface area contributed by atoms with Gasteiger partial charge in [-0.1, -0.05) is 20.8 Å². The van der Waals surface area contributed by atoms with Gasteiger partial charge in [-0.25, -0.2) is 4.79 Å². The van der Waals surface area contributed by atoms with Gasteiger partial charge in [0.15, 0.2) is 0 Å². The molecule has 18 heavy (non-hydrogen) atoms. The monoisotopic (exact) mass is 250 g/mol. The van der Waals surface area contributed by atoms with Crippen LogP contribution in [0.5, 0.6) is 5.75 Å². The molecule has 0 radical (unpaired) electrons. The molecule has 0 aromatic heterocycles. The fourth-order valence-corrected chi connectivity index (χ4v) is 1.38. The zero-order valence-corrected chi connectivity index (χ0v) is 11.1. The van der Waals surface area contributed by atoms with Crippen molar-refractivity contribution < 1.29 is 19.1 Å². The Morgan fingerprint density at radius 2 is 1.67 bits per heavy atom. The Bertz CT molecular complexity index is 426. The van der Waals surface area contributed by atoms with Gasteiger partial charge in [0, 0.05) is 0 Å². The number of carbonyl (C=O) groups excluding carboxylic acids is 2. The van der Waals surface area contributed by atoms with Crippen molar-refractivity contribution >= 4 is 11.9 Å². The molecule has 98 valence electrons. The topological polar surface area (TPSA) is 52.6 Å². The molecule has 0 saturated carbocycles. The highest BCUT2D eigenvalue weighted by molar-refractivity contribution is 5.89. The molecule has 1 aromatic rings. The second-order valence-electron chi connectivity index (χ2n) is 5.23. The molecule has 0 fully saturated rings. The van der Waals surface area contributed by atoms with E-state index in [2.05, 4.69) is 4.74 Å². The van der Waals surface area contributed by atoms with E-state index < -0.39 is 5.97 Å². The lowest BCUT2D eigenvalue weighted by molar-refractivity contribution is -0.136. The largest absolute Gasteiger partial charge is 0.465 e. The van der Waals surface area contributed by atoms with Crippen LogP contribution in [0.4, 0.5) is 0 Å². The quantitative estimate of drug-likeness (QED) is 0.611.